The van der Waals surface area contributed by atoms with Crippen LogP contribution in [0.2, 0.25) is 0 Å². The number of methoxy groups -OCH3 is 2. The van der Waals surface area contributed by atoms with Gasteiger partial charge in [0, 0.05) is 24.6 Å². The van der Waals surface area contributed by atoms with Gasteiger partial charge in [0.1, 0.15) is 11.5 Å². The minimum atomic E-state index is -0.303. The van der Waals surface area contributed by atoms with Gasteiger partial charge in [-0.1, -0.05) is 11.3 Å². The van der Waals surface area contributed by atoms with E-state index in [1.807, 2.05) is 12.1 Å². The van der Waals surface area contributed by atoms with Crippen LogP contribution in [0.5, 0.6) is 23.0 Å². The molecule has 8 heteroatoms. The first kappa shape index (κ1) is 17.4. The van der Waals surface area contributed by atoms with E-state index in [-0.39, 0.29) is 5.91 Å². The Balaban J connectivity index is 1.61. The van der Waals surface area contributed by atoms with E-state index in [1.165, 1.54) is 18.4 Å². The molecule has 0 aliphatic carbocycles. The lowest BCUT2D eigenvalue weighted by Gasteiger charge is -2.09. The highest BCUT2D eigenvalue weighted by molar-refractivity contribution is 7.22. The fourth-order valence-electron chi connectivity index (χ4n) is 2.79. The van der Waals surface area contributed by atoms with Crippen molar-refractivity contribution < 1.29 is 23.7 Å². The number of benzene rings is 2. The number of thiazole rings is 1. The molecule has 1 N–H and O–H groups in total. The molecule has 2 aromatic carbocycles. The summed E-state index contributed by atoms with van der Waals surface area (Å²) in [6.45, 7) is 1.24. The van der Waals surface area contributed by atoms with E-state index in [0.717, 1.165) is 16.6 Å². The van der Waals surface area contributed by atoms with Gasteiger partial charge in [0.25, 0.3) is 5.91 Å². The van der Waals surface area contributed by atoms with Gasteiger partial charge in [-0.15, -0.1) is 0 Å². The van der Waals surface area contributed by atoms with Gasteiger partial charge in [0.05, 0.1) is 43.2 Å². The quantitative estimate of drug-likeness (QED) is 0.736. The highest BCUT2D eigenvalue weighted by Gasteiger charge is 2.18. The number of hydrogen-bond acceptors (Lipinski definition) is 7. The van der Waals surface area contributed by atoms with Crippen molar-refractivity contribution >= 4 is 32.6 Å². The summed E-state index contributed by atoms with van der Waals surface area (Å²) in [5, 5.41) is 3.32. The molecule has 0 spiro atoms. The minimum Gasteiger partial charge on any atom is -0.497 e. The lowest BCUT2D eigenvalue weighted by atomic mass is 10.2. The molecular formula is C19H18N2O5S. The van der Waals surface area contributed by atoms with Gasteiger partial charge in [0.15, 0.2) is 16.6 Å². The Hall–Kier alpha value is -3.00. The first-order valence-electron chi connectivity index (χ1n) is 8.41. The molecule has 0 fully saturated rings. The van der Waals surface area contributed by atoms with Crippen LogP contribution in [0.1, 0.15) is 16.8 Å². The van der Waals surface area contributed by atoms with Gasteiger partial charge >= 0.3 is 0 Å². The van der Waals surface area contributed by atoms with Crippen molar-refractivity contribution in [3.05, 3.63) is 35.9 Å². The second-order valence-corrected chi connectivity index (χ2v) is 6.89. The van der Waals surface area contributed by atoms with Crippen molar-refractivity contribution in [3.8, 4) is 23.0 Å². The molecule has 0 radical (unpaired) electrons. The number of carbonyl (C=O) groups is 1. The molecule has 1 amide bonds. The second-order valence-electron chi connectivity index (χ2n) is 5.86. The summed E-state index contributed by atoms with van der Waals surface area (Å²) in [5.41, 5.74) is 1.15. The average molecular weight is 386 g/mol. The SMILES string of the molecule is COc1ccc(C(=O)Nc2nc3cc4c(cc3s2)OCCCO4)c(OC)c1. The van der Waals surface area contributed by atoms with E-state index in [4.69, 9.17) is 18.9 Å². The van der Waals surface area contributed by atoms with E-state index in [1.54, 1.807) is 25.3 Å². The molecule has 0 bridgehead atoms. The van der Waals surface area contributed by atoms with Crippen LogP contribution in [0.25, 0.3) is 10.2 Å². The molecule has 0 unspecified atom stereocenters. The molecule has 1 aliphatic rings. The minimum absolute atomic E-state index is 0.303. The van der Waals surface area contributed by atoms with Crippen LogP contribution in [-0.2, 0) is 0 Å². The number of anilines is 1. The van der Waals surface area contributed by atoms with Crippen molar-refractivity contribution in [2.45, 2.75) is 6.42 Å². The third-order valence-corrected chi connectivity index (χ3v) is 5.07. The Morgan fingerprint density at radius 3 is 2.63 bits per heavy atom. The van der Waals surface area contributed by atoms with Crippen molar-refractivity contribution in [1.29, 1.82) is 0 Å². The predicted molar refractivity (Wildman–Crippen MR) is 103 cm³/mol. The zero-order valence-electron chi connectivity index (χ0n) is 14.9. The third-order valence-electron chi connectivity index (χ3n) is 4.13. The van der Waals surface area contributed by atoms with E-state index < -0.39 is 0 Å². The summed E-state index contributed by atoms with van der Waals surface area (Å²) in [6.07, 6.45) is 0.848. The highest BCUT2D eigenvalue weighted by Crippen LogP contribution is 2.37. The molecule has 140 valence electrons. The van der Waals surface area contributed by atoms with E-state index >= 15 is 0 Å². The molecule has 4 rings (SSSR count). The Morgan fingerprint density at radius 1 is 1.11 bits per heavy atom. The molecule has 2 heterocycles. The molecule has 3 aromatic rings. The van der Waals surface area contributed by atoms with Crippen molar-refractivity contribution in [3.63, 3.8) is 0 Å². The summed E-state index contributed by atoms with van der Waals surface area (Å²) in [6, 6.07) is 8.78. The maximum Gasteiger partial charge on any atom is 0.261 e. The second kappa shape index (κ2) is 7.32. The van der Waals surface area contributed by atoms with Crippen molar-refractivity contribution in [2.24, 2.45) is 0 Å². The maximum atomic E-state index is 12.7. The number of amides is 1. The van der Waals surface area contributed by atoms with Gasteiger partial charge in [-0.25, -0.2) is 4.98 Å². The standard InChI is InChI=1S/C19H18N2O5S/c1-23-11-4-5-12(14(8-11)24-2)18(22)21-19-20-13-9-15-16(10-17(13)27-19)26-7-3-6-25-15/h4-5,8-10H,3,6-7H2,1-2H3,(H,20,21,22). The average Bonchev–Trinajstić information content (AvgIpc) is 2.92. The van der Waals surface area contributed by atoms with Crippen molar-refractivity contribution in [1.82, 2.24) is 4.98 Å². The summed E-state index contributed by atoms with van der Waals surface area (Å²) >= 11 is 1.38. The fourth-order valence-corrected chi connectivity index (χ4v) is 3.66. The zero-order valence-corrected chi connectivity index (χ0v) is 15.7. The number of nitrogens with one attached hydrogen (secondary N) is 1. The van der Waals surface area contributed by atoms with Crippen LogP contribution in [0.15, 0.2) is 30.3 Å². The maximum absolute atomic E-state index is 12.7. The van der Waals surface area contributed by atoms with Crippen molar-refractivity contribution in [2.75, 3.05) is 32.8 Å². The molecule has 0 saturated carbocycles. The number of fused-ring (bicyclic) bond motifs is 2. The van der Waals surface area contributed by atoms with Crippen LogP contribution < -0.4 is 24.3 Å². The molecule has 0 saturated heterocycles. The van der Waals surface area contributed by atoms with Gasteiger partial charge in [-0.2, -0.15) is 0 Å². The number of ether oxygens (including phenoxy) is 4. The molecule has 27 heavy (non-hydrogen) atoms. The number of rotatable bonds is 4. The first-order valence-corrected chi connectivity index (χ1v) is 9.23. The fraction of sp³-hybridized carbons (Fsp3) is 0.263. The van der Waals surface area contributed by atoms with E-state index in [2.05, 4.69) is 10.3 Å². The van der Waals surface area contributed by atoms with Gasteiger partial charge in [-0.3, -0.25) is 10.1 Å². The number of aromatic nitrogens is 1. The van der Waals surface area contributed by atoms with Gasteiger partial charge in [0.2, 0.25) is 0 Å². The number of nitrogens with zero attached hydrogens (tertiary/aromatic N) is 1. The van der Waals surface area contributed by atoms with Gasteiger partial charge in [-0.05, 0) is 12.1 Å². The van der Waals surface area contributed by atoms with E-state index in [9.17, 15) is 4.79 Å². The van der Waals surface area contributed by atoms with Crippen LogP contribution in [0.3, 0.4) is 0 Å². The zero-order chi connectivity index (χ0) is 18.8. The highest BCUT2D eigenvalue weighted by atomic mass is 32.1. The molecule has 1 aliphatic heterocycles. The monoisotopic (exact) mass is 386 g/mol. The first-order chi connectivity index (χ1) is 13.2. The Kier molecular flexibility index (Phi) is 4.72. The summed E-state index contributed by atoms with van der Waals surface area (Å²) in [4.78, 5) is 17.1. The molecule has 7 nitrogen and oxygen atoms in total. The van der Waals surface area contributed by atoms with Crippen LogP contribution in [0.4, 0.5) is 5.13 Å². The Morgan fingerprint density at radius 2 is 1.89 bits per heavy atom. The Labute approximate surface area is 159 Å². The lowest BCUT2D eigenvalue weighted by Crippen LogP contribution is -2.13. The largest absolute Gasteiger partial charge is 0.497 e. The van der Waals surface area contributed by atoms with Crippen LogP contribution >= 0.6 is 11.3 Å². The van der Waals surface area contributed by atoms with Gasteiger partial charge < -0.3 is 18.9 Å². The smallest absolute Gasteiger partial charge is 0.261 e. The summed E-state index contributed by atoms with van der Waals surface area (Å²) < 4.78 is 22.8. The van der Waals surface area contributed by atoms with E-state index in [0.29, 0.717) is 46.9 Å². The molecule has 1 aromatic heterocycles. The summed E-state index contributed by atoms with van der Waals surface area (Å²) in [5.74, 6) is 2.13. The molecular weight excluding hydrogens is 368 g/mol. The summed E-state index contributed by atoms with van der Waals surface area (Å²) in [7, 11) is 3.07. The Bertz CT molecular complexity index is 958. The van der Waals surface area contributed by atoms with Crippen LogP contribution in [0, 0.1) is 0 Å². The topological polar surface area (TPSA) is 78.9 Å². The number of hydrogen-bond donors (Lipinski definition) is 1. The third kappa shape index (κ3) is 3.48. The predicted octanol–water partition coefficient (Wildman–Crippen LogP) is 3.73. The molecule has 0 atom stereocenters. The van der Waals surface area contributed by atoms with Crippen LogP contribution in [-0.4, -0.2) is 38.3 Å². The number of carbonyl (C=O) groups excluding carboxylic acids is 1. The normalized spacial score (nSPS) is 13.1. The lowest BCUT2D eigenvalue weighted by molar-refractivity contribution is 0.102.